The van der Waals surface area contributed by atoms with Gasteiger partial charge in [0.1, 0.15) is 0 Å². The maximum Gasteiger partial charge on any atom is 0.337 e. The summed E-state index contributed by atoms with van der Waals surface area (Å²) in [5.41, 5.74) is 2.56. The summed E-state index contributed by atoms with van der Waals surface area (Å²) in [6.45, 7) is 0.174. The van der Waals surface area contributed by atoms with E-state index in [1.165, 1.54) is 18.4 Å². The van der Waals surface area contributed by atoms with Crippen molar-refractivity contribution in [3.05, 3.63) is 53.4 Å². The molecule has 1 aromatic heterocycles. The van der Waals surface area contributed by atoms with Gasteiger partial charge in [-0.05, 0) is 24.3 Å². The van der Waals surface area contributed by atoms with E-state index < -0.39 is 12.0 Å². The van der Waals surface area contributed by atoms with Gasteiger partial charge in [-0.25, -0.2) is 14.6 Å². The minimum atomic E-state index is -0.416. The molecule has 0 atom stereocenters. The van der Waals surface area contributed by atoms with E-state index in [1.807, 2.05) is 5.38 Å². The van der Waals surface area contributed by atoms with Crippen molar-refractivity contribution in [2.24, 2.45) is 0 Å². The number of fused-ring (bicyclic) bond motifs is 1. The molecular weight excluding hydrogens is 382 g/mol. The van der Waals surface area contributed by atoms with E-state index in [2.05, 4.69) is 20.4 Å². The number of carbonyl (C=O) groups is 2. The third-order valence-corrected chi connectivity index (χ3v) is 4.71. The van der Waals surface area contributed by atoms with Crippen molar-refractivity contribution in [2.45, 2.75) is 0 Å². The Labute approximate surface area is 164 Å². The summed E-state index contributed by atoms with van der Waals surface area (Å²) in [5, 5.41) is 7.70. The predicted molar refractivity (Wildman–Crippen MR) is 104 cm³/mol. The molecule has 3 aromatic rings. The first kappa shape index (κ1) is 17.8. The Kier molecular flexibility index (Phi) is 4.81. The summed E-state index contributed by atoms with van der Waals surface area (Å²) in [6, 6.07) is 11.6. The van der Waals surface area contributed by atoms with Gasteiger partial charge in [0.15, 0.2) is 16.6 Å². The maximum absolute atomic E-state index is 12.2. The highest BCUT2D eigenvalue weighted by molar-refractivity contribution is 7.14. The third-order valence-electron chi connectivity index (χ3n) is 3.96. The fourth-order valence-corrected chi connectivity index (χ4v) is 3.31. The molecule has 0 unspecified atom stereocenters. The SMILES string of the molecule is COC(=O)c1ccc(-c2csc(NC(=O)Nc3ccc4c(c3)OCO4)n2)cc1. The molecule has 28 heavy (non-hydrogen) atoms. The summed E-state index contributed by atoms with van der Waals surface area (Å²) in [7, 11) is 1.34. The molecule has 0 aliphatic carbocycles. The zero-order chi connectivity index (χ0) is 19.5. The Balaban J connectivity index is 1.40. The van der Waals surface area contributed by atoms with E-state index in [9.17, 15) is 9.59 Å². The molecule has 2 amide bonds. The summed E-state index contributed by atoms with van der Waals surface area (Å²) in [4.78, 5) is 28.1. The Morgan fingerprint density at radius 1 is 1.07 bits per heavy atom. The molecule has 142 valence electrons. The number of rotatable bonds is 4. The van der Waals surface area contributed by atoms with Gasteiger partial charge in [0.2, 0.25) is 6.79 Å². The summed E-state index contributed by atoms with van der Waals surface area (Å²) in [6.07, 6.45) is 0. The number of nitrogens with zero attached hydrogens (tertiary/aromatic N) is 1. The lowest BCUT2D eigenvalue weighted by molar-refractivity contribution is 0.0600. The third kappa shape index (κ3) is 3.74. The van der Waals surface area contributed by atoms with Crippen molar-refractivity contribution in [1.82, 2.24) is 4.98 Å². The van der Waals surface area contributed by atoms with E-state index >= 15 is 0 Å². The molecule has 0 bridgehead atoms. The topological polar surface area (TPSA) is 98.8 Å². The highest BCUT2D eigenvalue weighted by atomic mass is 32.1. The molecule has 4 rings (SSSR count). The Morgan fingerprint density at radius 2 is 1.86 bits per heavy atom. The number of urea groups is 1. The average molecular weight is 397 g/mol. The second kappa shape index (κ2) is 7.57. The molecule has 2 aromatic carbocycles. The van der Waals surface area contributed by atoms with Gasteiger partial charge < -0.3 is 19.5 Å². The normalized spacial score (nSPS) is 11.8. The number of hydrogen-bond donors (Lipinski definition) is 2. The minimum absolute atomic E-state index is 0.174. The Bertz CT molecular complexity index is 1030. The monoisotopic (exact) mass is 397 g/mol. The van der Waals surface area contributed by atoms with E-state index in [0.29, 0.717) is 33.6 Å². The summed E-state index contributed by atoms with van der Waals surface area (Å²) < 4.78 is 15.2. The highest BCUT2D eigenvalue weighted by Crippen LogP contribution is 2.34. The molecule has 0 saturated carbocycles. The molecule has 2 heterocycles. The van der Waals surface area contributed by atoms with Crippen LogP contribution < -0.4 is 20.1 Å². The number of anilines is 2. The number of carbonyl (C=O) groups excluding carboxylic acids is 2. The van der Waals surface area contributed by atoms with Gasteiger partial charge in [-0.15, -0.1) is 11.3 Å². The van der Waals surface area contributed by atoms with Crippen molar-refractivity contribution in [2.75, 3.05) is 24.5 Å². The number of aromatic nitrogens is 1. The largest absolute Gasteiger partial charge is 0.465 e. The van der Waals surface area contributed by atoms with Crippen LogP contribution in [0, 0.1) is 0 Å². The van der Waals surface area contributed by atoms with Gasteiger partial charge in [-0.1, -0.05) is 12.1 Å². The van der Waals surface area contributed by atoms with E-state index in [-0.39, 0.29) is 6.79 Å². The number of amides is 2. The number of hydrogen-bond acceptors (Lipinski definition) is 7. The number of benzene rings is 2. The van der Waals surface area contributed by atoms with Crippen LogP contribution in [0.3, 0.4) is 0 Å². The lowest BCUT2D eigenvalue weighted by atomic mass is 10.1. The smallest absolute Gasteiger partial charge is 0.337 e. The number of esters is 1. The fraction of sp³-hybridized carbons (Fsp3) is 0.105. The van der Waals surface area contributed by atoms with Crippen molar-refractivity contribution >= 4 is 34.2 Å². The van der Waals surface area contributed by atoms with Gasteiger partial charge in [-0.2, -0.15) is 0 Å². The van der Waals surface area contributed by atoms with Gasteiger partial charge >= 0.3 is 12.0 Å². The zero-order valence-corrected chi connectivity index (χ0v) is 15.5. The molecule has 1 aliphatic rings. The van der Waals surface area contributed by atoms with Crippen molar-refractivity contribution in [3.63, 3.8) is 0 Å². The summed E-state index contributed by atoms with van der Waals surface area (Å²) in [5.74, 6) is 0.839. The first-order valence-corrected chi connectivity index (χ1v) is 9.12. The molecular formula is C19H15N3O5S. The lowest BCUT2D eigenvalue weighted by Crippen LogP contribution is -2.19. The standard InChI is InChI=1S/C19H15N3O5S/c1-25-17(23)12-4-2-11(3-5-12)14-9-28-19(21-14)22-18(24)20-13-6-7-15-16(8-13)27-10-26-15/h2-9H,10H2,1H3,(H2,20,21,22,24). The van der Waals surface area contributed by atoms with Crippen LogP contribution in [0.1, 0.15) is 10.4 Å². The van der Waals surface area contributed by atoms with Crippen LogP contribution in [-0.2, 0) is 4.74 Å². The number of nitrogens with one attached hydrogen (secondary N) is 2. The van der Waals surface area contributed by atoms with E-state index in [4.69, 9.17) is 9.47 Å². The van der Waals surface area contributed by atoms with Gasteiger partial charge in [0.25, 0.3) is 0 Å². The molecule has 0 fully saturated rings. The summed E-state index contributed by atoms with van der Waals surface area (Å²) >= 11 is 1.30. The van der Waals surface area contributed by atoms with Crippen LogP contribution in [0.4, 0.5) is 15.6 Å². The first-order chi connectivity index (χ1) is 13.6. The molecule has 0 saturated heterocycles. The maximum atomic E-state index is 12.2. The number of ether oxygens (including phenoxy) is 3. The Morgan fingerprint density at radius 3 is 2.64 bits per heavy atom. The number of thiazole rings is 1. The van der Waals surface area contributed by atoms with Crippen LogP contribution in [0.5, 0.6) is 11.5 Å². The van der Waals surface area contributed by atoms with Gasteiger partial charge in [-0.3, -0.25) is 5.32 Å². The highest BCUT2D eigenvalue weighted by Gasteiger charge is 2.15. The van der Waals surface area contributed by atoms with Crippen LogP contribution in [0.25, 0.3) is 11.3 Å². The number of methoxy groups -OCH3 is 1. The molecule has 0 spiro atoms. The van der Waals surface area contributed by atoms with Crippen molar-refractivity contribution < 1.29 is 23.8 Å². The molecule has 1 aliphatic heterocycles. The zero-order valence-electron chi connectivity index (χ0n) is 14.7. The minimum Gasteiger partial charge on any atom is -0.465 e. The second-order valence-corrected chi connectivity index (χ2v) is 6.61. The quantitative estimate of drug-likeness (QED) is 0.647. The Hall–Kier alpha value is -3.59. The molecule has 8 nitrogen and oxygen atoms in total. The first-order valence-electron chi connectivity index (χ1n) is 8.24. The van der Waals surface area contributed by atoms with Gasteiger partial charge in [0, 0.05) is 22.7 Å². The average Bonchev–Trinajstić information content (AvgIpc) is 3.36. The molecule has 0 radical (unpaired) electrons. The molecule has 2 N–H and O–H groups in total. The van der Waals surface area contributed by atoms with E-state index in [1.54, 1.807) is 42.5 Å². The van der Waals surface area contributed by atoms with Crippen molar-refractivity contribution in [1.29, 1.82) is 0 Å². The van der Waals surface area contributed by atoms with Crippen molar-refractivity contribution in [3.8, 4) is 22.8 Å². The fourth-order valence-electron chi connectivity index (χ4n) is 2.59. The van der Waals surface area contributed by atoms with Crippen LogP contribution in [0.2, 0.25) is 0 Å². The van der Waals surface area contributed by atoms with E-state index in [0.717, 1.165) is 5.56 Å². The predicted octanol–water partition coefficient (Wildman–Crippen LogP) is 3.97. The second-order valence-electron chi connectivity index (χ2n) is 5.75. The van der Waals surface area contributed by atoms with Gasteiger partial charge in [0.05, 0.1) is 18.4 Å². The van der Waals surface area contributed by atoms with Crippen LogP contribution in [0.15, 0.2) is 47.8 Å². The molecule has 9 heteroatoms. The van der Waals surface area contributed by atoms with Crippen LogP contribution in [-0.4, -0.2) is 30.9 Å². The van der Waals surface area contributed by atoms with Crippen LogP contribution >= 0.6 is 11.3 Å². The lowest BCUT2D eigenvalue weighted by Gasteiger charge is -2.06.